The molecule has 0 N–H and O–H groups in total. The average Bonchev–Trinajstić information content (AvgIpc) is 3.31. The predicted octanol–water partition coefficient (Wildman–Crippen LogP) is 21.7. The molecule has 0 saturated heterocycles. The molecule has 377 valence electrons. The van der Waals surface area contributed by atoms with Gasteiger partial charge in [0, 0.05) is 19.3 Å². The molecule has 0 bridgehead atoms. The van der Waals surface area contributed by atoms with E-state index in [1.54, 1.807) is 0 Å². The van der Waals surface area contributed by atoms with Crippen LogP contribution < -0.4 is 0 Å². The smallest absolute Gasteiger partial charge is 0.132 e. The fourth-order valence-electron chi connectivity index (χ4n) is 10.1. The SMILES string of the molecule is [CH2]Cc1nc(CCCCCCCCCCCCCCCCCCCCCCCCCCCC)nc(CCCCCCCCCCCCCCCCCCCCCCCCCCCC)n1. The maximum absolute atomic E-state index is 4.90. The first-order valence-electron chi connectivity index (χ1n) is 30.3. The Morgan fingerprint density at radius 1 is 0.203 bits per heavy atom. The molecule has 0 amide bonds. The Morgan fingerprint density at radius 2 is 0.344 bits per heavy atom. The quantitative estimate of drug-likeness (QED) is 0.0612. The average molecular weight is 894 g/mol. The molecule has 1 aromatic heterocycles. The highest BCUT2D eigenvalue weighted by Crippen LogP contribution is 2.19. The highest BCUT2D eigenvalue weighted by molar-refractivity contribution is 4.99. The van der Waals surface area contributed by atoms with Gasteiger partial charge in [-0.15, -0.1) is 0 Å². The zero-order valence-corrected chi connectivity index (χ0v) is 44.4. The van der Waals surface area contributed by atoms with Gasteiger partial charge < -0.3 is 0 Å². The minimum Gasteiger partial charge on any atom is -0.218 e. The van der Waals surface area contributed by atoms with Crippen LogP contribution in [-0.2, 0) is 19.3 Å². The first-order chi connectivity index (χ1) is 31.8. The van der Waals surface area contributed by atoms with Crippen molar-refractivity contribution in [1.82, 2.24) is 15.0 Å². The lowest BCUT2D eigenvalue weighted by Gasteiger charge is -2.07. The summed E-state index contributed by atoms with van der Waals surface area (Å²) in [5.74, 6) is 2.93. The normalized spacial score (nSPS) is 11.7. The zero-order chi connectivity index (χ0) is 45.7. The molecule has 1 rings (SSSR count). The molecule has 0 aliphatic rings. The van der Waals surface area contributed by atoms with Gasteiger partial charge in [0.25, 0.3) is 0 Å². The molecular formula is C61H118N3. The first-order valence-corrected chi connectivity index (χ1v) is 30.3. The molecule has 1 aromatic rings. The second kappa shape index (κ2) is 53.0. The Kier molecular flexibility index (Phi) is 50.5. The number of rotatable bonds is 55. The van der Waals surface area contributed by atoms with Crippen molar-refractivity contribution in [3.05, 3.63) is 24.4 Å². The van der Waals surface area contributed by atoms with Crippen molar-refractivity contribution >= 4 is 0 Å². The molecule has 0 atom stereocenters. The first kappa shape index (κ1) is 61.0. The van der Waals surface area contributed by atoms with E-state index in [1.807, 2.05) is 0 Å². The van der Waals surface area contributed by atoms with Gasteiger partial charge in [0.15, 0.2) is 0 Å². The summed E-state index contributed by atoms with van der Waals surface area (Å²) in [4.78, 5) is 14.4. The minimum atomic E-state index is 0.668. The Hall–Kier alpha value is -0.990. The number of hydrogen-bond acceptors (Lipinski definition) is 3. The second-order valence-electron chi connectivity index (χ2n) is 21.0. The van der Waals surface area contributed by atoms with Crippen LogP contribution in [0.4, 0.5) is 0 Å². The van der Waals surface area contributed by atoms with Crippen molar-refractivity contribution in [2.75, 3.05) is 0 Å². The van der Waals surface area contributed by atoms with Gasteiger partial charge in [-0.2, -0.15) is 0 Å². The number of unbranched alkanes of at least 4 members (excludes halogenated alkanes) is 50. The largest absolute Gasteiger partial charge is 0.218 e. The highest BCUT2D eigenvalue weighted by Gasteiger charge is 2.07. The van der Waals surface area contributed by atoms with E-state index in [-0.39, 0.29) is 0 Å². The number of aromatic nitrogens is 3. The van der Waals surface area contributed by atoms with Gasteiger partial charge in [-0.3, -0.25) is 0 Å². The van der Waals surface area contributed by atoms with Gasteiger partial charge >= 0.3 is 0 Å². The molecule has 0 aliphatic carbocycles. The van der Waals surface area contributed by atoms with Gasteiger partial charge in [-0.25, -0.2) is 15.0 Å². The number of aryl methyl sites for hydroxylation is 2. The molecule has 0 fully saturated rings. The third-order valence-corrected chi connectivity index (χ3v) is 14.5. The molecule has 0 aliphatic heterocycles. The van der Waals surface area contributed by atoms with Crippen LogP contribution in [0, 0.1) is 6.92 Å². The maximum atomic E-state index is 4.90. The van der Waals surface area contributed by atoms with Gasteiger partial charge in [0.2, 0.25) is 0 Å². The monoisotopic (exact) mass is 893 g/mol. The standard InChI is InChI=1S/C61H118N3/c1-4-7-9-11-13-15-17-19-21-23-25-27-29-31-33-35-37-39-41-43-45-47-49-51-53-55-57-60-62-59(6-3)63-61(64-60)58-56-54-52-50-48-46-44-42-40-38-36-34-32-30-28-26-24-22-20-18-16-14-12-10-8-5-2/h3-58H2,1-2H3. The summed E-state index contributed by atoms with van der Waals surface area (Å²) < 4.78 is 0. The fourth-order valence-corrected chi connectivity index (χ4v) is 10.1. The summed E-state index contributed by atoms with van der Waals surface area (Å²) in [6.07, 6.45) is 77.5. The Morgan fingerprint density at radius 3 is 0.500 bits per heavy atom. The van der Waals surface area contributed by atoms with Crippen molar-refractivity contribution in [1.29, 1.82) is 0 Å². The van der Waals surface area contributed by atoms with E-state index in [9.17, 15) is 0 Å². The number of nitrogens with zero attached hydrogens (tertiary/aromatic N) is 3. The van der Waals surface area contributed by atoms with Gasteiger partial charge in [-0.1, -0.05) is 335 Å². The third-order valence-electron chi connectivity index (χ3n) is 14.5. The van der Waals surface area contributed by atoms with Crippen LogP contribution >= 0.6 is 0 Å². The minimum absolute atomic E-state index is 0.668. The molecule has 64 heavy (non-hydrogen) atoms. The van der Waals surface area contributed by atoms with Crippen LogP contribution in [-0.4, -0.2) is 15.0 Å². The van der Waals surface area contributed by atoms with Crippen LogP contribution in [0.25, 0.3) is 0 Å². The maximum Gasteiger partial charge on any atom is 0.132 e. The zero-order valence-electron chi connectivity index (χ0n) is 44.4. The van der Waals surface area contributed by atoms with Crippen molar-refractivity contribution in [3.63, 3.8) is 0 Å². The molecule has 0 aromatic carbocycles. The third kappa shape index (κ3) is 46.1. The van der Waals surface area contributed by atoms with Crippen LogP contribution in [0.3, 0.4) is 0 Å². The van der Waals surface area contributed by atoms with Crippen molar-refractivity contribution < 1.29 is 0 Å². The Labute approximate surface area is 404 Å². The van der Waals surface area contributed by atoms with E-state index in [1.165, 1.54) is 334 Å². The van der Waals surface area contributed by atoms with E-state index < -0.39 is 0 Å². The van der Waals surface area contributed by atoms with E-state index in [0.29, 0.717) is 6.42 Å². The lowest BCUT2D eigenvalue weighted by molar-refractivity contribution is 0.514. The summed E-state index contributed by atoms with van der Waals surface area (Å²) in [7, 11) is 0. The molecular weight excluding hydrogens is 775 g/mol. The summed E-state index contributed by atoms with van der Waals surface area (Å²) >= 11 is 0. The van der Waals surface area contributed by atoms with Crippen molar-refractivity contribution in [2.45, 2.75) is 367 Å². The molecule has 3 nitrogen and oxygen atoms in total. The van der Waals surface area contributed by atoms with Crippen LogP contribution in [0.1, 0.15) is 365 Å². The molecule has 1 radical (unpaired) electrons. The molecule has 3 heteroatoms. The molecule has 0 saturated carbocycles. The van der Waals surface area contributed by atoms with Gasteiger partial charge in [-0.05, 0) is 19.8 Å². The van der Waals surface area contributed by atoms with E-state index in [4.69, 9.17) is 15.0 Å². The van der Waals surface area contributed by atoms with Crippen molar-refractivity contribution in [3.8, 4) is 0 Å². The molecule has 1 heterocycles. The van der Waals surface area contributed by atoms with Gasteiger partial charge in [0.1, 0.15) is 17.5 Å². The molecule has 0 unspecified atom stereocenters. The fraction of sp³-hybridized carbons (Fsp3) is 0.934. The van der Waals surface area contributed by atoms with Crippen LogP contribution in [0.5, 0.6) is 0 Å². The van der Waals surface area contributed by atoms with Crippen molar-refractivity contribution in [2.24, 2.45) is 0 Å². The Bertz CT molecular complexity index is 933. The summed E-state index contributed by atoms with van der Waals surface area (Å²) in [6.45, 7) is 8.70. The van der Waals surface area contributed by atoms with E-state index in [2.05, 4.69) is 20.8 Å². The topological polar surface area (TPSA) is 38.7 Å². The van der Waals surface area contributed by atoms with Crippen LogP contribution in [0.2, 0.25) is 0 Å². The summed E-state index contributed by atoms with van der Waals surface area (Å²) in [5.41, 5.74) is 0. The lowest BCUT2D eigenvalue weighted by Crippen LogP contribution is -2.08. The Balaban J connectivity index is 1.83. The van der Waals surface area contributed by atoms with E-state index in [0.717, 1.165) is 30.3 Å². The number of hydrogen-bond donors (Lipinski definition) is 0. The lowest BCUT2D eigenvalue weighted by atomic mass is 10.0. The van der Waals surface area contributed by atoms with E-state index >= 15 is 0 Å². The summed E-state index contributed by atoms with van der Waals surface area (Å²) in [5, 5.41) is 0. The van der Waals surface area contributed by atoms with Gasteiger partial charge in [0.05, 0.1) is 0 Å². The highest BCUT2D eigenvalue weighted by atomic mass is 15.0. The van der Waals surface area contributed by atoms with Crippen LogP contribution in [0.15, 0.2) is 0 Å². The summed E-state index contributed by atoms with van der Waals surface area (Å²) in [6, 6.07) is 0. The predicted molar refractivity (Wildman–Crippen MR) is 288 cm³/mol. The molecule has 0 spiro atoms. The second-order valence-corrected chi connectivity index (χ2v) is 21.0.